The van der Waals surface area contributed by atoms with Gasteiger partial charge in [-0.2, -0.15) is 0 Å². The third kappa shape index (κ3) is 28.3. The molecule has 7 nitrogen and oxygen atoms in total. The summed E-state index contributed by atoms with van der Waals surface area (Å²) >= 11 is 0. The maximum Gasteiger partial charge on any atom is 0.127 e. The molecule has 584 valence electrons. The molecule has 0 radical (unpaired) electrons. The molecule has 0 saturated carbocycles. The predicted molar refractivity (Wildman–Crippen MR) is 502 cm³/mol. The maximum atomic E-state index is 11.2. The average Bonchev–Trinajstić information content (AvgIpc) is 0.840. The lowest BCUT2D eigenvalue weighted by Gasteiger charge is -2.28. The molecule has 0 aliphatic carbocycles. The Balaban J connectivity index is 0.000000215. The highest BCUT2D eigenvalue weighted by Gasteiger charge is 2.27. The van der Waals surface area contributed by atoms with E-state index < -0.39 is 0 Å². The van der Waals surface area contributed by atoms with Crippen molar-refractivity contribution < 1.29 is 25.5 Å². The van der Waals surface area contributed by atoms with Gasteiger partial charge in [-0.3, -0.25) is 0 Å². The molecule has 7 N–H and O–H groups in total. The van der Waals surface area contributed by atoms with Gasteiger partial charge in [-0.15, -0.1) is 25.7 Å². The Morgan fingerprint density at radius 2 is 0.633 bits per heavy atom. The van der Waals surface area contributed by atoms with E-state index in [0.29, 0.717) is 83.7 Å². The van der Waals surface area contributed by atoms with Crippen molar-refractivity contribution in [2.24, 2.45) is 0 Å². The molecule has 0 amide bonds. The number of phenolic OH excluding ortho intramolecular Hbond substituents is 5. The van der Waals surface area contributed by atoms with Crippen molar-refractivity contribution in [1.82, 2.24) is 10.6 Å². The third-order valence-electron chi connectivity index (χ3n) is 18.8. The first-order chi connectivity index (χ1) is 51.4. The summed E-state index contributed by atoms with van der Waals surface area (Å²) in [6.07, 6.45) is 3.41. The van der Waals surface area contributed by atoms with Crippen molar-refractivity contribution in [2.75, 3.05) is 20.0 Å². The number of aryl methyl sites for hydroxylation is 8. The minimum absolute atomic E-state index is 0.0424. The van der Waals surface area contributed by atoms with E-state index in [1.165, 1.54) is 98.8 Å². The van der Waals surface area contributed by atoms with Crippen LogP contribution in [0.2, 0.25) is 0 Å². The molecular weight excluding hydrogens is 1480 g/mol. The van der Waals surface area contributed by atoms with Gasteiger partial charge < -0.3 is 36.2 Å². The van der Waals surface area contributed by atoms with Crippen molar-refractivity contribution in [3.63, 3.8) is 0 Å². The Bertz CT molecular complexity index is 4550. The molecule has 0 fully saturated rings. The van der Waals surface area contributed by atoms with Crippen LogP contribution in [-0.4, -0.2) is 57.6 Å². The molecule has 10 aromatic rings. The Kier molecular flexibility index (Phi) is 37.1. The zero-order valence-corrected chi connectivity index (χ0v) is 77.7. The summed E-state index contributed by atoms with van der Waals surface area (Å²) in [7, 11) is 5.28. The highest BCUT2D eigenvalue weighted by Crippen LogP contribution is 2.38. The lowest BCUT2D eigenvalue weighted by molar-refractivity contribution is 0.449. The predicted octanol–water partition coefficient (Wildman–Crippen LogP) is 19.9. The van der Waals surface area contributed by atoms with Crippen molar-refractivity contribution in [2.45, 2.75) is 205 Å². The summed E-state index contributed by atoms with van der Waals surface area (Å²) in [6, 6.07) is 61.7. The van der Waals surface area contributed by atoms with Gasteiger partial charge in [0.15, 0.2) is 0 Å². The van der Waals surface area contributed by atoms with Crippen LogP contribution in [0.3, 0.4) is 0 Å². The largest absolute Gasteiger partial charge is 0.507 e. The van der Waals surface area contributed by atoms with Gasteiger partial charge in [0.1, 0.15) is 28.7 Å². The second-order valence-electron chi connectivity index (χ2n) is 32.2. The van der Waals surface area contributed by atoms with Crippen molar-refractivity contribution in [3.8, 4) is 28.7 Å². The number of rotatable bonds is 22. The average molecular weight is 1610 g/mol. The zero-order chi connectivity index (χ0) is 80.7. The molecule has 0 heterocycles. The van der Waals surface area contributed by atoms with Gasteiger partial charge in [-0.05, 0) is 245 Å². The first-order valence-electron chi connectivity index (χ1n) is 38.1. The van der Waals surface area contributed by atoms with E-state index >= 15 is 0 Å². The number of para-hydroxylation sites is 2. The molecule has 0 bridgehead atoms. The smallest absolute Gasteiger partial charge is 0.127 e. The van der Waals surface area contributed by atoms with E-state index in [1.807, 2.05) is 56.3 Å². The highest BCUT2D eigenvalue weighted by atomic mass is 31.1. The number of hydrogen-bond donors (Lipinski definition) is 7. The molecule has 10 rings (SSSR count). The van der Waals surface area contributed by atoms with Crippen LogP contribution in [0.25, 0.3) is 0 Å². The van der Waals surface area contributed by atoms with Gasteiger partial charge in [0.25, 0.3) is 0 Å². The second kappa shape index (κ2) is 43.7. The fourth-order valence-electron chi connectivity index (χ4n) is 12.3. The Morgan fingerprint density at radius 1 is 0.303 bits per heavy atom. The normalized spacial score (nSPS) is 12.3. The third-order valence-corrected chi connectivity index (χ3v) is 29.2. The van der Waals surface area contributed by atoms with Crippen LogP contribution in [0.5, 0.6) is 28.7 Å². The second-order valence-corrected chi connectivity index (χ2v) is 41.8. The zero-order valence-electron chi connectivity index (χ0n) is 69.7. The van der Waals surface area contributed by atoms with Crippen LogP contribution in [-0.2, 0) is 47.8 Å². The minimum atomic E-state index is -0.0989. The van der Waals surface area contributed by atoms with Crippen molar-refractivity contribution in [3.05, 3.63) is 265 Å². The molecule has 109 heavy (non-hydrogen) atoms. The minimum Gasteiger partial charge on any atom is -0.507 e. The van der Waals surface area contributed by atoms with Gasteiger partial charge in [0, 0.05) is 57.3 Å². The van der Waals surface area contributed by atoms with Gasteiger partial charge in [-0.1, -0.05) is 284 Å². The summed E-state index contributed by atoms with van der Waals surface area (Å²) in [4.78, 5) is 0. The van der Waals surface area contributed by atoms with E-state index in [1.54, 1.807) is 12.1 Å². The van der Waals surface area contributed by atoms with Gasteiger partial charge >= 0.3 is 0 Å². The number of hydrogen-bond acceptors (Lipinski definition) is 7. The maximum absolute atomic E-state index is 11.2. The van der Waals surface area contributed by atoms with Crippen LogP contribution in [0, 0.1) is 55.4 Å². The summed E-state index contributed by atoms with van der Waals surface area (Å²) in [5, 5.41) is 71.1. The van der Waals surface area contributed by atoms with Crippen molar-refractivity contribution >= 4 is 122 Å². The van der Waals surface area contributed by atoms with E-state index in [9.17, 15) is 25.5 Å². The summed E-state index contributed by atoms with van der Waals surface area (Å²) in [5.74, 6) is 2.18. The fraction of sp³-hybridized carbons (Fsp3) is 0.362. The number of nitrogens with one attached hydrogen (secondary N) is 2. The van der Waals surface area contributed by atoms with Crippen LogP contribution in [0.1, 0.15) is 179 Å². The van der Waals surface area contributed by atoms with E-state index in [-0.39, 0.29) is 16.2 Å². The summed E-state index contributed by atoms with van der Waals surface area (Å²) in [5.41, 5.74) is 20.2. The molecule has 0 spiro atoms. The van der Waals surface area contributed by atoms with E-state index in [2.05, 4.69) is 284 Å². The first kappa shape index (κ1) is 92.4. The quantitative estimate of drug-likeness (QED) is 0.0337. The Hall–Kier alpha value is -5.44. The van der Waals surface area contributed by atoms with Gasteiger partial charge in [0.05, 0.1) is 0 Å². The summed E-state index contributed by atoms with van der Waals surface area (Å²) < 4.78 is 0. The lowest BCUT2D eigenvalue weighted by atomic mass is 9.80. The molecule has 0 aromatic heterocycles. The molecule has 0 aliphatic rings. The highest BCUT2D eigenvalue weighted by molar-refractivity contribution is 7.57. The van der Waals surface area contributed by atoms with Crippen LogP contribution >= 0.6 is 68.6 Å². The standard InChI is InChI=1S/C25H38NOP.C22H32NOP.2C16H20OP2.C15H18OP2/c1-16(2)26-15-18-12-10-11-17(3)23(18)28-21-14-19(24(4,5)6)13-20(22(21)27)25(7,8)9;1-14(2)23-13-17-10-8-9-15(3)21(17)25-19-12-18(22(5,6)7)11-16(4)20(19)24;1-11-6-5-9-14(15(11)17)19-16-12(2)7-4-8-13(16)10-18-3;1-11-7-8-14(17)15(9-11)19-16-12(2)5-4-6-13(16)10-18-3;1-11-6-5-7-12(10-17-2)15(11)18-14-9-4-3-8-13(14)16/h10-14,16,26-28H,15H2,1-9H3;8-12,14,23-25H,13H2,1-7H3;2*4-9,17-19H,10H2,1-3H3;3-9,16-18H,10H2,1-2H3. The monoisotopic (exact) mass is 1610 g/mol. The lowest BCUT2D eigenvalue weighted by Crippen LogP contribution is -2.26. The Morgan fingerprint density at radius 3 is 1.04 bits per heavy atom. The van der Waals surface area contributed by atoms with Gasteiger partial charge in [0.2, 0.25) is 0 Å². The molecule has 10 aromatic carbocycles. The molecule has 8 atom stereocenters. The molecular formula is C94H128N2O5P8. The molecule has 8 unspecified atom stereocenters. The Labute approximate surface area is 672 Å². The molecule has 0 saturated heterocycles. The van der Waals surface area contributed by atoms with E-state index in [4.69, 9.17) is 0 Å². The van der Waals surface area contributed by atoms with Gasteiger partial charge in [-0.25, -0.2) is 0 Å². The first-order valence-corrected chi connectivity index (χ1v) is 48.3. The number of phenols is 5. The summed E-state index contributed by atoms with van der Waals surface area (Å²) in [6.45, 7) is 53.8. The fourth-order valence-corrected chi connectivity index (χ4v) is 21.7. The van der Waals surface area contributed by atoms with Crippen LogP contribution < -0.4 is 63.7 Å². The SMILES string of the molecule is CPCc1cccc(C)c1Pc1cc(C)ccc1O.CPCc1cccc(C)c1Pc1cccc(C)c1O.CPCc1cccc(C)c1Pc1ccccc1O.Cc1cc(C(C)(C)C)cc(Pc2c(C)cccc2CNC(C)C)c1O.Cc1cccc(CNC(C)C)c1Pc1cc(C(C)(C)C)cc(C(C)(C)C)c1O. The topological polar surface area (TPSA) is 125 Å². The number of aromatic hydroxyl groups is 5. The number of benzene rings is 10. The molecule has 0 aliphatic heterocycles. The van der Waals surface area contributed by atoms with Crippen LogP contribution in [0.15, 0.2) is 176 Å². The van der Waals surface area contributed by atoms with Crippen molar-refractivity contribution in [1.29, 1.82) is 0 Å². The molecule has 15 heteroatoms. The van der Waals surface area contributed by atoms with Crippen LogP contribution in [0.4, 0.5) is 0 Å². The van der Waals surface area contributed by atoms with E-state index in [0.717, 1.165) is 101 Å².